The summed E-state index contributed by atoms with van der Waals surface area (Å²) in [5.41, 5.74) is 7.04. The molecule has 110 valence electrons. The molecule has 7 nitrogen and oxygen atoms in total. The zero-order valence-corrected chi connectivity index (χ0v) is 11.9. The Kier molecular flexibility index (Phi) is 3.02. The van der Waals surface area contributed by atoms with Crippen LogP contribution in [0.15, 0.2) is 22.7 Å². The quantitative estimate of drug-likeness (QED) is 0.684. The Morgan fingerprint density at radius 1 is 1.48 bits per heavy atom. The van der Waals surface area contributed by atoms with Crippen LogP contribution < -0.4 is 5.73 Å². The summed E-state index contributed by atoms with van der Waals surface area (Å²) in [6.07, 6.45) is 2.11. The summed E-state index contributed by atoms with van der Waals surface area (Å²) in [6, 6.07) is 4.58. The molecule has 1 unspecified atom stereocenters. The van der Waals surface area contributed by atoms with Crippen molar-refractivity contribution in [1.82, 2.24) is 10.1 Å². The van der Waals surface area contributed by atoms with E-state index in [2.05, 4.69) is 10.1 Å². The summed E-state index contributed by atoms with van der Waals surface area (Å²) in [5, 5.41) is 14.8. The van der Waals surface area contributed by atoms with E-state index in [1.165, 1.54) is 12.1 Å². The molecule has 1 fully saturated rings. The van der Waals surface area contributed by atoms with E-state index >= 15 is 0 Å². The molecule has 1 atom stereocenters. The molecule has 1 heterocycles. The van der Waals surface area contributed by atoms with E-state index in [0.29, 0.717) is 23.2 Å². The van der Waals surface area contributed by atoms with Crippen LogP contribution in [0.1, 0.15) is 31.2 Å². The molecule has 0 saturated heterocycles. The highest BCUT2D eigenvalue weighted by molar-refractivity contribution is 5.63. The first-order valence-corrected chi connectivity index (χ1v) is 6.78. The fraction of sp³-hybridized carbons (Fsp3) is 0.429. The number of aryl methyl sites for hydroxylation is 1. The smallest absolute Gasteiger partial charge is 0.270 e. The lowest BCUT2D eigenvalue weighted by atomic mass is 9.97. The number of nitrogens with two attached hydrogens (primary N) is 1. The van der Waals surface area contributed by atoms with Gasteiger partial charge in [-0.05, 0) is 38.2 Å². The van der Waals surface area contributed by atoms with Crippen LogP contribution in [0.2, 0.25) is 0 Å². The Balaban J connectivity index is 2.00. The van der Waals surface area contributed by atoms with Crippen LogP contribution in [0.25, 0.3) is 11.4 Å². The van der Waals surface area contributed by atoms with Crippen molar-refractivity contribution in [2.24, 2.45) is 11.7 Å². The summed E-state index contributed by atoms with van der Waals surface area (Å²) >= 11 is 0. The highest BCUT2D eigenvalue weighted by atomic mass is 16.6. The van der Waals surface area contributed by atoms with Crippen molar-refractivity contribution in [3.05, 3.63) is 39.8 Å². The average Bonchev–Trinajstić information content (AvgIpc) is 3.18. The van der Waals surface area contributed by atoms with Gasteiger partial charge in [0.1, 0.15) is 0 Å². The van der Waals surface area contributed by atoms with Gasteiger partial charge in [0.15, 0.2) is 0 Å². The first-order chi connectivity index (χ1) is 9.89. The molecule has 3 rings (SSSR count). The molecule has 0 aliphatic heterocycles. The summed E-state index contributed by atoms with van der Waals surface area (Å²) in [4.78, 5) is 14.8. The van der Waals surface area contributed by atoms with Crippen LogP contribution in [-0.4, -0.2) is 15.1 Å². The maximum atomic E-state index is 10.9. The van der Waals surface area contributed by atoms with Crippen LogP contribution in [0.4, 0.5) is 5.69 Å². The van der Waals surface area contributed by atoms with Crippen molar-refractivity contribution >= 4 is 5.69 Å². The van der Waals surface area contributed by atoms with Gasteiger partial charge < -0.3 is 10.3 Å². The lowest BCUT2D eigenvalue weighted by Crippen LogP contribution is -2.35. The molecule has 2 N–H and O–H groups in total. The molecule has 2 aromatic rings. The third-order valence-electron chi connectivity index (χ3n) is 3.99. The molecule has 21 heavy (non-hydrogen) atoms. The lowest BCUT2D eigenvalue weighted by Gasteiger charge is -2.18. The monoisotopic (exact) mass is 288 g/mol. The second kappa shape index (κ2) is 4.63. The predicted molar refractivity (Wildman–Crippen MR) is 75.4 cm³/mol. The Morgan fingerprint density at radius 3 is 2.81 bits per heavy atom. The van der Waals surface area contributed by atoms with Crippen LogP contribution in [0.3, 0.4) is 0 Å². The normalized spacial score (nSPS) is 17.5. The Hall–Kier alpha value is -2.28. The Bertz CT molecular complexity index is 704. The molecule has 7 heteroatoms. The largest absolute Gasteiger partial charge is 0.337 e. The third-order valence-corrected chi connectivity index (χ3v) is 3.99. The summed E-state index contributed by atoms with van der Waals surface area (Å²) in [5.74, 6) is 1.08. The van der Waals surface area contributed by atoms with E-state index in [0.717, 1.165) is 18.4 Å². The maximum Gasteiger partial charge on any atom is 0.270 e. The van der Waals surface area contributed by atoms with Crippen molar-refractivity contribution in [2.45, 2.75) is 32.2 Å². The number of non-ortho nitro benzene ring substituents is 1. The number of nitro groups is 1. The van der Waals surface area contributed by atoms with Gasteiger partial charge >= 0.3 is 0 Å². The number of nitro benzene ring substituents is 1. The highest BCUT2D eigenvalue weighted by Gasteiger charge is 2.44. The van der Waals surface area contributed by atoms with Gasteiger partial charge in [-0.3, -0.25) is 10.1 Å². The standard InChI is InChI=1S/C14H16N4O3/c1-8-3-6-10(18(19)20)7-11(8)12-16-13(21-17-12)14(2,15)9-4-5-9/h3,6-7,9H,4-5,15H2,1-2H3. The zero-order valence-electron chi connectivity index (χ0n) is 11.9. The van der Waals surface area contributed by atoms with Crippen molar-refractivity contribution in [1.29, 1.82) is 0 Å². The highest BCUT2D eigenvalue weighted by Crippen LogP contribution is 2.43. The molecule has 1 aliphatic carbocycles. The number of aromatic nitrogens is 2. The maximum absolute atomic E-state index is 10.9. The first kappa shape index (κ1) is 13.7. The molecular weight excluding hydrogens is 272 g/mol. The molecule has 1 aliphatic rings. The zero-order chi connectivity index (χ0) is 15.2. The van der Waals surface area contributed by atoms with Crippen LogP contribution in [0.5, 0.6) is 0 Å². The molecule has 1 aromatic heterocycles. The minimum atomic E-state index is -0.639. The fourth-order valence-corrected chi connectivity index (χ4v) is 2.37. The number of hydrogen-bond donors (Lipinski definition) is 1. The Labute approximate surface area is 121 Å². The van der Waals surface area contributed by atoms with Gasteiger partial charge in [0.2, 0.25) is 11.7 Å². The van der Waals surface area contributed by atoms with Crippen molar-refractivity contribution in [2.75, 3.05) is 0 Å². The van der Waals surface area contributed by atoms with E-state index in [-0.39, 0.29) is 5.69 Å². The van der Waals surface area contributed by atoms with Crippen LogP contribution in [0, 0.1) is 23.0 Å². The molecule has 0 bridgehead atoms. The number of rotatable bonds is 4. The van der Waals surface area contributed by atoms with E-state index < -0.39 is 10.5 Å². The molecule has 1 aromatic carbocycles. The van der Waals surface area contributed by atoms with Crippen molar-refractivity contribution in [3.63, 3.8) is 0 Å². The van der Waals surface area contributed by atoms with Gasteiger partial charge in [-0.15, -0.1) is 0 Å². The fourth-order valence-electron chi connectivity index (χ4n) is 2.37. The lowest BCUT2D eigenvalue weighted by molar-refractivity contribution is -0.384. The number of benzene rings is 1. The molecule has 0 radical (unpaired) electrons. The number of nitrogens with zero attached hydrogens (tertiary/aromatic N) is 3. The second-order valence-electron chi connectivity index (χ2n) is 5.74. The summed E-state index contributed by atoms with van der Waals surface area (Å²) in [7, 11) is 0. The summed E-state index contributed by atoms with van der Waals surface area (Å²) < 4.78 is 5.28. The third kappa shape index (κ3) is 2.40. The SMILES string of the molecule is Cc1ccc([N+](=O)[O-])cc1-c1noc(C(C)(N)C2CC2)n1. The van der Waals surface area contributed by atoms with E-state index in [1.54, 1.807) is 6.07 Å². The van der Waals surface area contributed by atoms with Gasteiger partial charge in [0.05, 0.1) is 10.5 Å². The van der Waals surface area contributed by atoms with Crippen molar-refractivity contribution < 1.29 is 9.45 Å². The van der Waals surface area contributed by atoms with Crippen LogP contribution in [-0.2, 0) is 5.54 Å². The predicted octanol–water partition coefficient (Wildman–Crippen LogP) is 2.54. The van der Waals surface area contributed by atoms with Crippen LogP contribution >= 0.6 is 0 Å². The molecular formula is C14H16N4O3. The average molecular weight is 288 g/mol. The molecule has 0 amide bonds. The minimum absolute atomic E-state index is 0.000321. The van der Waals surface area contributed by atoms with Gasteiger partial charge in [0.25, 0.3) is 5.69 Å². The number of hydrogen-bond acceptors (Lipinski definition) is 6. The second-order valence-corrected chi connectivity index (χ2v) is 5.74. The van der Waals surface area contributed by atoms with E-state index in [1.807, 2.05) is 13.8 Å². The Morgan fingerprint density at radius 2 is 2.19 bits per heavy atom. The van der Waals surface area contributed by atoms with E-state index in [4.69, 9.17) is 10.3 Å². The van der Waals surface area contributed by atoms with Gasteiger partial charge in [0, 0.05) is 17.7 Å². The van der Waals surface area contributed by atoms with Gasteiger partial charge in [-0.25, -0.2) is 0 Å². The van der Waals surface area contributed by atoms with Crippen molar-refractivity contribution in [3.8, 4) is 11.4 Å². The molecule has 1 saturated carbocycles. The van der Waals surface area contributed by atoms with Gasteiger partial charge in [-0.1, -0.05) is 11.2 Å². The first-order valence-electron chi connectivity index (χ1n) is 6.78. The van der Waals surface area contributed by atoms with E-state index in [9.17, 15) is 10.1 Å². The topological polar surface area (TPSA) is 108 Å². The minimum Gasteiger partial charge on any atom is -0.337 e. The van der Waals surface area contributed by atoms with Gasteiger partial charge in [-0.2, -0.15) is 4.98 Å². The summed E-state index contributed by atoms with van der Waals surface area (Å²) in [6.45, 7) is 3.72. The molecule has 0 spiro atoms.